The summed E-state index contributed by atoms with van der Waals surface area (Å²) in [5.74, 6) is -3.69. The lowest BCUT2D eigenvalue weighted by molar-refractivity contribution is -0.385. The van der Waals surface area contributed by atoms with E-state index in [1.165, 1.54) is 0 Å². The Morgan fingerprint density at radius 2 is 2.00 bits per heavy atom. The molecule has 0 saturated heterocycles. The number of methoxy groups -OCH3 is 1. The molecule has 8 nitrogen and oxygen atoms in total. The first-order valence-corrected chi connectivity index (χ1v) is 4.22. The average molecular weight is 241 g/mol. The van der Waals surface area contributed by atoms with Crippen molar-refractivity contribution in [1.82, 2.24) is 0 Å². The van der Waals surface area contributed by atoms with E-state index in [2.05, 4.69) is 4.74 Å². The predicted octanol–water partition coefficient (Wildman–Crippen LogP) is 0.785. The van der Waals surface area contributed by atoms with Gasteiger partial charge in [-0.05, 0) is 6.07 Å². The van der Waals surface area contributed by atoms with E-state index in [0.717, 1.165) is 19.2 Å². The maximum Gasteiger partial charge on any atom is 0.342 e. The van der Waals surface area contributed by atoms with E-state index in [9.17, 15) is 24.8 Å². The first-order chi connectivity index (χ1) is 7.90. The van der Waals surface area contributed by atoms with Gasteiger partial charge in [0.1, 0.15) is 5.56 Å². The second-order valence-corrected chi connectivity index (χ2v) is 2.91. The van der Waals surface area contributed by atoms with Crippen LogP contribution >= 0.6 is 0 Å². The Kier molecular flexibility index (Phi) is 3.27. The van der Waals surface area contributed by atoms with Crippen LogP contribution in [0.4, 0.5) is 5.69 Å². The summed E-state index contributed by atoms with van der Waals surface area (Å²) in [5, 5.41) is 28.8. The van der Waals surface area contributed by atoms with Crippen molar-refractivity contribution in [3.63, 3.8) is 0 Å². The number of nitro groups is 1. The molecule has 90 valence electrons. The number of ether oxygens (including phenoxy) is 1. The summed E-state index contributed by atoms with van der Waals surface area (Å²) in [4.78, 5) is 31.6. The lowest BCUT2D eigenvalue weighted by Gasteiger charge is -2.06. The van der Waals surface area contributed by atoms with Gasteiger partial charge >= 0.3 is 17.6 Å². The molecular weight excluding hydrogens is 234 g/mol. The zero-order chi connectivity index (χ0) is 13.2. The second kappa shape index (κ2) is 4.47. The maximum atomic E-state index is 11.3. The third-order valence-electron chi connectivity index (χ3n) is 1.97. The number of aromatic carboxylic acids is 1. The minimum atomic E-state index is -1.50. The van der Waals surface area contributed by atoms with E-state index in [0.29, 0.717) is 0 Å². The molecule has 1 rings (SSSR count). The number of carboxylic acids is 1. The van der Waals surface area contributed by atoms with Crippen LogP contribution in [0.2, 0.25) is 0 Å². The lowest BCUT2D eigenvalue weighted by atomic mass is 10.1. The summed E-state index contributed by atoms with van der Waals surface area (Å²) in [5.41, 5.74) is -2.08. The number of carbonyl (C=O) groups excluding carboxylic acids is 1. The van der Waals surface area contributed by atoms with Crippen LogP contribution in [0.5, 0.6) is 5.75 Å². The zero-order valence-corrected chi connectivity index (χ0v) is 8.54. The molecule has 0 amide bonds. The molecule has 1 aromatic carbocycles. The zero-order valence-electron chi connectivity index (χ0n) is 8.54. The van der Waals surface area contributed by atoms with Crippen LogP contribution in [0.25, 0.3) is 0 Å². The van der Waals surface area contributed by atoms with E-state index in [1.54, 1.807) is 0 Å². The third-order valence-corrected chi connectivity index (χ3v) is 1.97. The van der Waals surface area contributed by atoms with E-state index >= 15 is 0 Å². The van der Waals surface area contributed by atoms with Crippen molar-refractivity contribution in [3.05, 3.63) is 33.4 Å². The summed E-state index contributed by atoms with van der Waals surface area (Å²) in [6, 6.07) is 1.65. The average Bonchev–Trinajstić information content (AvgIpc) is 2.26. The molecule has 0 aliphatic carbocycles. The molecule has 0 aromatic heterocycles. The predicted molar refractivity (Wildman–Crippen MR) is 53.1 cm³/mol. The summed E-state index contributed by atoms with van der Waals surface area (Å²) in [6.45, 7) is 0. The van der Waals surface area contributed by atoms with Gasteiger partial charge in [0.15, 0.2) is 0 Å². The van der Waals surface area contributed by atoms with Crippen molar-refractivity contribution >= 4 is 17.6 Å². The SMILES string of the molecule is COC(=O)c1c(C(=O)O)ccc([N+](=O)[O-])c1O. The highest BCUT2D eigenvalue weighted by Crippen LogP contribution is 2.32. The number of nitro benzene ring substituents is 1. The van der Waals surface area contributed by atoms with Crippen molar-refractivity contribution in [3.8, 4) is 5.75 Å². The van der Waals surface area contributed by atoms with Crippen molar-refractivity contribution in [2.45, 2.75) is 0 Å². The monoisotopic (exact) mass is 241 g/mol. The molecule has 0 unspecified atom stereocenters. The Labute approximate surface area is 94.2 Å². The highest BCUT2D eigenvalue weighted by atomic mass is 16.6. The molecule has 0 saturated carbocycles. The molecule has 0 radical (unpaired) electrons. The van der Waals surface area contributed by atoms with Gasteiger partial charge < -0.3 is 14.9 Å². The first-order valence-electron chi connectivity index (χ1n) is 4.22. The fourth-order valence-corrected chi connectivity index (χ4v) is 1.21. The highest BCUT2D eigenvalue weighted by Gasteiger charge is 2.28. The summed E-state index contributed by atoms with van der Waals surface area (Å²) in [7, 11) is 0.965. The van der Waals surface area contributed by atoms with E-state index in [4.69, 9.17) is 5.11 Å². The molecule has 0 spiro atoms. The van der Waals surface area contributed by atoms with Gasteiger partial charge in [-0.2, -0.15) is 0 Å². The van der Waals surface area contributed by atoms with Crippen LogP contribution in [-0.2, 0) is 4.74 Å². The van der Waals surface area contributed by atoms with Crippen LogP contribution in [0.1, 0.15) is 20.7 Å². The van der Waals surface area contributed by atoms with Gasteiger partial charge in [0.2, 0.25) is 5.75 Å². The van der Waals surface area contributed by atoms with Gasteiger partial charge in [0, 0.05) is 6.07 Å². The Morgan fingerprint density at radius 3 is 2.41 bits per heavy atom. The number of hydrogen-bond donors (Lipinski definition) is 2. The minimum Gasteiger partial charge on any atom is -0.501 e. The van der Waals surface area contributed by atoms with Crippen molar-refractivity contribution in [2.75, 3.05) is 7.11 Å². The summed E-state index contributed by atoms with van der Waals surface area (Å²) in [6.07, 6.45) is 0. The molecule has 0 atom stereocenters. The number of carbonyl (C=O) groups is 2. The quantitative estimate of drug-likeness (QED) is 0.454. The van der Waals surface area contributed by atoms with Crippen LogP contribution in [-0.4, -0.2) is 34.2 Å². The van der Waals surface area contributed by atoms with Gasteiger partial charge in [0.05, 0.1) is 17.6 Å². The number of aromatic hydroxyl groups is 1. The molecule has 17 heavy (non-hydrogen) atoms. The number of phenols is 1. The second-order valence-electron chi connectivity index (χ2n) is 2.91. The lowest BCUT2D eigenvalue weighted by Crippen LogP contribution is -2.11. The van der Waals surface area contributed by atoms with E-state index in [1.807, 2.05) is 0 Å². The topological polar surface area (TPSA) is 127 Å². The Balaban J connectivity index is 3.58. The van der Waals surface area contributed by atoms with Gasteiger partial charge in [-0.1, -0.05) is 0 Å². The standard InChI is InChI=1S/C9H7NO7/c1-17-9(14)6-4(8(12)13)2-3-5(7(6)11)10(15)16/h2-3,11H,1H3,(H,12,13). The fraction of sp³-hybridized carbons (Fsp3) is 0.111. The van der Waals surface area contributed by atoms with Crippen LogP contribution in [0.15, 0.2) is 12.1 Å². The Morgan fingerprint density at radius 1 is 1.41 bits per heavy atom. The number of esters is 1. The molecule has 0 aliphatic heterocycles. The molecule has 0 aliphatic rings. The number of carboxylic acid groups (broad SMARTS) is 1. The highest BCUT2D eigenvalue weighted by molar-refractivity contribution is 6.05. The molecular formula is C9H7NO7. The number of hydrogen-bond acceptors (Lipinski definition) is 6. The van der Waals surface area contributed by atoms with E-state index < -0.39 is 39.4 Å². The van der Waals surface area contributed by atoms with Crippen molar-refractivity contribution in [2.24, 2.45) is 0 Å². The molecule has 1 aromatic rings. The smallest absolute Gasteiger partial charge is 0.342 e. The summed E-state index contributed by atoms with van der Waals surface area (Å²) >= 11 is 0. The fourth-order valence-electron chi connectivity index (χ4n) is 1.21. The molecule has 2 N–H and O–H groups in total. The van der Waals surface area contributed by atoms with Crippen LogP contribution in [0.3, 0.4) is 0 Å². The van der Waals surface area contributed by atoms with Crippen LogP contribution < -0.4 is 0 Å². The number of rotatable bonds is 3. The molecule has 0 fully saturated rings. The van der Waals surface area contributed by atoms with Gasteiger partial charge in [-0.3, -0.25) is 10.1 Å². The number of nitrogens with zero attached hydrogens (tertiary/aromatic N) is 1. The van der Waals surface area contributed by atoms with Crippen molar-refractivity contribution in [1.29, 1.82) is 0 Å². The maximum absolute atomic E-state index is 11.3. The third kappa shape index (κ3) is 2.14. The van der Waals surface area contributed by atoms with Gasteiger partial charge in [0.25, 0.3) is 0 Å². The van der Waals surface area contributed by atoms with Gasteiger partial charge in [-0.15, -0.1) is 0 Å². The largest absolute Gasteiger partial charge is 0.501 e. The van der Waals surface area contributed by atoms with Gasteiger partial charge in [-0.25, -0.2) is 9.59 Å². The number of benzene rings is 1. The summed E-state index contributed by atoms with van der Waals surface area (Å²) < 4.78 is 4.26. The van der Waals surface area contributed by atoms with Crippen molar-refractivity contribution < 1.29 is 29.5 Å². The number of phenolic OH excluding ortho intramolecular Hbond substituents is 1. The normalized spacial score (nSPS) is 9.71. The molecule has 0 heterocycles. The molecule has 0 bridgehead atoms. The molecule has 8 heteroatoms. The Bertz CT molecular complexity index is 508. The Hall–Kier alpha value is -2.64. The van der Waals surface area contributed by atoms with E-state index in [-0.39, 0.29) is 0 Å². The minimum absolute atomic E-state index is 0.569. The van der Waals surface area contributed by atoms with Crippen LogP contribution in [0, 0.1) is 10.1 Å². The first kappa shape index (κ1) is 12.4.